The van der Waals surface area contributed by atoms with Crippen molar-refractivity contribution < 1.29 is 33.6 Å². The van der Waals surface area contributed by atoms with E-state index in [0.29, 0.717) is 18.1 Å². The molecular weight excluding hydrogens is 606 g/mol. The third kappa shape index (κ3) is 13.8. The normalized spacial score (nSPS) is 19.0. The van der Waals surface area contributed by atoms with E-state index in [9.17, 15) is 24.3 Å². The van der Waals surface area contributed by atoms with Crippen LogP contribution in [0.1, 0.15) is 45.9 Å². The van der Waals surface area contributed by atoms with Crippen molar-refractivity contribution in [2.24, 2.45) is 11.0 Å². The number of hydrogen-bond acceptors (Lipinski definition) is 12. The summed E-state index contributed by atoms with van der Waals surface area (Å²) in [6.07, 6.45) is 1.57. The van der Waals surface area contributed by atoms with Crippen molar-refractivity contribution in [1.29, 1.82) is 0 Å². The maximum Gasteiger partial charge on any atom is 0.407 e. The van der Waals surface area contributed by atoms with Crippen LogP contribution in [0.4, 0.5) is 9.59 Å². The molecule has 1 fully saturated rings. The first-order chi connectivity index (χ1) is 20.4. The molecule has 2 amide bonds. The second-order valence-corrected chi connectivity index (χ2v) is 13.0. The molecule has 43 heavy (non-hydrogen) atoms. The molecule has 0 aliphatic carbocycles. The highest BCUT2D eigenvalue weighted by atomic mass is 33.1. The van der Waals surface area contributed by atoms with Gasteiger partial charge in [0, 0.05) is 42.1 Å². The first-order valence-corrected chi connectivity index (χ1v) is 16.0. The number of azide groups is 1. The minimum absolute atomic E-state index is 0.172. The Hall–Kier alpha value is -3.15. The van der Waals surface area contributed by atoms with Crippen LogP contribution in [0.5, 0.6) is 0 Å². The molecule has 18 heteroatoms. The lowest BCUT2D eigenvalue weighted by Crippen LogP contribution is -2.33. The number of rotatable bonds is 16. The van der Waals surface area contributed by atoms with Gasteiger partial charge in [0.25, 0.3) is 5.56 Å². The summed E-state index contributed by atoms with van der Waals surface area (Å²) in [7, 11) is 3.05. The number of nitrogens with zero attached hydrogens (tertiary/aromatic N) is 4. The Kier molecular flexibility index (Phi) is 15.5. The molecule has 2 rings (SSSR count). The van der Waals surface area contributed by atoms with Crippen LogP contribution >= 0.6 is 21.6 Å². The van der Waals surface area contributed by atoms with Crippen molar-refractivity contribution in [1.82, 2.24) is 20.2 Å². The Bertz CT molecular complexity index is 1240. The number of hydrogen-bond donors (Lipinski definition) is 4. The molecule has 0 saturated carbocycles. The van der Waals surface area contributed by atoms with Gasteiger partial charge in [-0.25, -0.2) is 14.4 Å². The second-order valence-electron chi connectivity index (χ2n) is 10.3. The monoisotopic (exact) mass is 645 g/mol. The summed E-state index contributed by atoms with van der Waals surface area (Å²) in [5, 5.41) is 18.2. The van der Waals surface area contributed by atoms with Crippen LogP contribution in [-0.4, -0.2) is 89.2 Å². The van der Waals surface area contributed by atoms with Gasteiger partial charge in [-0.1, -0.05) is 45.8 Å². The molecule has 1 aliphatic rings. The lowest BCUT2D eigenvalue weighted by molar-refractivity contribution is -0.0612. The van der Waals surface area contributed by atoms with E-state index in [4.69, 9.17) is 24.5 Å². The molecule has 16 nitrogen and oxygen atoms in total. The van der Waals surface area contributed by atoms with Gasteiger partial charge in [0.1, 0.15) is 31.3 Å². The number of aliphatic hydroxyl groups excluding tert-OH is 1. The van der Waals surface area contributed by atoms with Gasteiger partial charge in [-0.3, -0.25) is 14.3 Å². The number of aromatic nitrogens is 2. The Balaban J connectivity index is 1.73. The molecule has 1 aliphatic heterocycles. The number of nitrogens with one attached hydrogen (secondary N) is 3. The highest BCUT2D eigenvalue weighted by Gasteiger charge is 2.37. The van der Waals surface area contributed by atoms with E-state index in [-0.39, 0.29) is 44.4 Å². The molecular formula is C25H39N7O9S2. The Morgan fingerprint density at radius 2 is 2.05 bits per heavy atom. The summed E-state index contributed by atoms with van der Waals surface area (Å²) in [5.74, 6) is 1.07. The molecule has 0 aromatic carbocycles. The molecule has 4 N–H and O–H groups in total. The topological polar surface area (TPSA) is 219 Å². The first kappa shape index (κ1) is 36.0. The zero-order valence-corrected chi connectivity index (χ0v) is 26.1. The van der Waals surface area contributed by atoms with Crippen LogP contribution in [0, 0.1) is 5.92 Å². The van der Waals surface area contributed by atoms with Crippen LogP contribution < -0.4 is 21.9 Å². The van der Waals surface area contributed by atoms with Crippen LogP contribution in [0.2, 0.25) is 0 Å². The summed E-state index contributed by atoms with van der Waals surface area (Å²) in [5.41, 5.74) is 6.78. The lowest BCUT2D eigenvalue weighted by atomic mass is 10.1. The Morgan fingerprint density at radius 3 is 2.74 bits per heavy atom. The Morgan fingerprint density at radius 1 is 1.30 bits per heavy atom. The number of carbonyl (C=O) groups is 2. The second kappa shape index (κ2) is 18.5. The fraction of sp³-hybridized carbons (Fsp3) is 0.680. The summed E-state index contributed by atoms with van der Waals surface area (Å²) < 4.78 is 22.7. The number of aliphatic hydroxyl groups is 1. The van der Waals surface area contributed by atoms with Gasteiger partial charge in [0.05, 0.1) is 18.3 Å². The van der Waals surface area contributed by atoms with E-state index >= 15 is 0 Å². The van der Waals surface area contributed by atoms with Gasteiger partial charge in [0.15, 0.2) is 0 Å². The number of amides is 2. The zero-order valence-electron chi connectivity index (χ0n) is 24.5. The lowest BCUT2D eigenvalue weighted by Gasteiger charge is -2.19. The van der Waals surface area contributed by atoms with E-state index in [2.05, 4.69) is 25.6 Å². The van der Waals surface area contributed by atoms with Crippen molar-refractivity contribution in [3.63, 3.8) is 0 Å². The van der Waals surface area contributed by atoms with Crippen molar-refractivity contribution in [3.8, 4) is 0 Å². The van der Waals surface area contributed by atoms with Gasteiger partial charge in [-0.05, 0) is 32.2 Å². The van der Waals surface area contributed by atoms with E-state index in [1.165, 1.54) is 38.4 Å². The van der Waals surface area contributed by atoms with E-state index in [1.807, 2.05) is 6.92 Å². The number of alkyl carbamates (subject to hydrolysis) is 2. The number of ether oxygens (including phenoxy) is 4. The van der Waals surface area contributed by atoms with E-state index in [1.54, 1.807) is 26.8 Å². The number of aromatic amines is 1. The highest BCUT2D eigenvalue weighted by Crippen LogP contribution is 2.29. The fourth-order valence-corrected chi connectivity index (χ4v) is 5.36. The maximum atomic E-state index is 12.4. The number of carbonyl (C=O) groups excluding carboxylic acids is 2. The minimum atomic E-state index is -0.816. The van der Waals surface area contributed by atoms with E-state index in [0.717, 1.165) is 0 Å². The van der Waals surface area contributed by atoms with Gasteiger partial charge in [-0.15, -0.1) is 0 Å². The van der Waals surface area contributed by atoms with Gasteiger partial charge in [0.2, 0.25) is 0 Å². The molecule has 240 valence electrons. The molecule has 0 radical (unpaired) electrons. The van der Waals surface area contributed by atoms with Gasteiger partial charge < -0.3 is 34.7 Å². The Labute approximate surface area is 256 Å². The molecule has 4 atom stereocenters. The highest BCUT2D eigenvalue weighted by molar-refractivity contribution is 8.76. The predicted octanol–water partition coefficient (Wildman–Crippen LogP) is 2.75. The van der Waals surface area contributed by atoms with Crippen LogP contribution in [0.25, 0.3) is 16.5 Å². The molecule has 2 unspecified atom stereocenters. The first-order valence-electron chi connectivity index (χ1n) is 13.5. The summed E-state index contributed by atoms with van der Waals surface area (Å²) in [6.45, 7) is 7.51. The third-order valence-corrected chi connectivity index (χ3v) is 7.96. The largest absolute Gasteiger partial charge is 0.449 e. The third-order valence-electron chi connectivity index (χ3n) is 5.59. The average Bonchev–Trinajstić information content (AvgIpc) is 3.34. The number of H-pyrrole nitrogens is 1. The van der Waals surface area contributed by atoms with Crippen LogP contribution in [0.3, 0.4) is 0 Å². The SMILES string of the molecule is CC(/C=C/c1cn([C@H]2CC(OCN=[N+]=[N-])[C@@H](CO)O2)c(=O)[nH]c1=O)CNC(=O)OCCSSCCNC(=O)OC(C)(C)C. The molecule has 0 spiro atoms. The standard InChI is InChI=1S/C25H39N7O9S2/c1-16(12-28-23(36)38-8-10-43-42-9-7-27-24(37)41-25(2,3)4)5-6-17-13-32(22(35)30-21(17)34)20-11-18(19(14-33)40-20)39-15-29-31-26/h5-6,13,16,18-20,33H,7-12,14-15H2,1-4H3,(H,27,37)(H,28,36)(H,30,34,35)/b6-5+/t16?,18?,19-,20-/m1/s1. The molecule has 1 aromatic rings. The van der Waals surface area contributed by atoms with Crippen molar-refractivity contribution in [2.75, 3.05) is 44.5 Å². The van der Waals surface area contributed by atoms with Crippen LogP contribution in [0.15, 0.2) is 27.0 Å². The van der Waals surface area contributed by atoms with Crippen molar-refractivity contribution in [3.05, 3.63) is 49.1 Å². The van der Waals surface area contributed by atoms with Crippen molar-refractivity contribution in [2.45, 2.75) is 58.2 Å². The summed E-state index contributed by atoms with van der Waals surface area (Å²) >= 11 is 0. The quantitative estimate of drug-likeness (QED) is 0.0673. The minimum Gasteiger partial charge on any atom is -0.449 e. The predicted molar refractivity (Wildman–Crippen MR) is 163 cm³/mol. The maximum absolute atomic E-state index is 12.4. The average molecular weight is 646 g/mol. The molecule has 1 aromatic heterocycles. The smallest absolute Gasteiger partial charge is 0.407 e. The molecule has 2 heterocycles. The zero-order chi connectivity index (χ0) is 31.8. The van der Waals surface area contributed by atoms with Gasteiger partial charge >= 0.3 is 17.9 Å². The van der Waals surface area contributed by atoms with E-state index < -0.39 is 47.5 Å². The van der Waals surface area contributed by atoms with Gasteiger partial charge in [-0.2, -0.15) is 0 Å². The summed E-state index contributed by atoms with van der Waals surface area (Å²) in [6, 6.07) is 0. The molecule has 1 saturated heterocycles. The van der Waals surface area contributed by atoms with Crippen LogP contribution in [-0.2, 0) is 18.9 Å². The molecule has 0 bridgehead atoms. The fourth-order valence-electron chi connectivity index (χ4n) is 3.63. The summed E-state index contributed by atoms with van der Waals surface area (Å²) in [4.78, 5) is 53.2. The van der Waals surface area contributed by atoms with Crippen molar-refractivity contribution >= 4 is 39.9 Å².